The summed E-state index contributed by atoms with van der Waals surface area (Å²) in [6.45, 7) is 1.85. The quantitative estimate of drug-likeness (QED) is 0.889. The zero-order valence-electron chi connectivity index (χ0n) is 8.83. The minimum absolute atomic E-state index is 0.229. The van der Waals surface area contributed by atoms with Crippen molar-refractivity contribution in [2.75, 3.05) is 5.32 Å². The number of hydrogen-bond donors (Lipinski definition) is 2. The molecule has 3 N–H and O–H groups in total. The van der Waals surface area contributed by atoms with E-state index in [2.05, 4.69) is 21.2 Å². The summed E-state index contributed by atoms with van der Waals surface area (Å²) in [7, 11) is 0. The van der Waals surface area contributed by atoms with Gasteiger partial charge in [0.25, 0.3) is 0 Å². The lowest BCUT2D eigenvalue weighted by Gasteiger charge is -2.11. The lowest BCUT2D eigenvalue weighted by molar-refractivity contribution is -0.117. The minimum atomic E-state index is -0.512. The standard InChI is InChI=1S/C11H12BrN3O/c1-2-9(14)11(16)15-10-4-3-7(6-13)5-8(10)12/h3-5,9H,2,14H2,1H3,(H,15,16)/t9-/m0/s1. The Morgan fingerprint density at radius 1 is 1.69 bits per heavy atom. The molecule has 0 radical (unpaired) electrons. The highest BCUT2D eigenvalue weighted by molar-refractivity contribution is 9.10. The molecule has 0 saturated carbocycles. The van der Waals surface area contributed by atoms with Crippen LogP contribution in [-0.4, -0.2) is 11.9 Å². The van der Waals surface area contributed by atoms with E-state index in [0.717, 1.165) is 0 Å². The van der Waals surface area contributed by atoms with Crippen LogP contribution in [0.3, 0.4) is 0 Å². The molecule has 1 rings (SSSR count). The Morgan fingerprint density at radius 3 is 2.88 bits per heavy atom. The van der Waals surface area contributed by atoms with Crippen LogP contribution < -0.4 is 11.1 Å². The summed E-state index contributed by atoms with van der Waals surface area (Å²) < 4.78 is 0.670. The van der Waals surface area contributed by atoms with Crippen molar-refractivity contribution in [3.8, 4) is 6.07 Å². The second kappa shape index (κ2) is 5.64. The lowest BCUT2D eigenvalue weighted by Crippen LogP contribution is -2.34. The first-order valence-electron chi connectivity index (χ1n) is 4.84. The molecular formula is C11H12BrN3O. The molecule has 0 bridgehead atoms. The molecule has 0 aliphatic carbocycles. The maximum atomic E-state index is 11.5. The number of nitrogens with zero attached hydrogens (tertiary/aromatic N) is 1. The van der Waals surface area contributed by atoms with E-state index >= 15 is 0 Å². The summed E-state index contributed by atoms with van der Waals surface area (Å²) >= 11 is 3.28. The Labute approximate surface area is 103 Å². The van der Waals surface area contributed by atoms with Crippen LogP contribution in [-0.2, 0) is 4.79 Å². The van der Waals surface area contributed by atoms with Crippen molar-refractivity contribution in [1.82, 2.24) is 0 Å². The first-order chi connectivity index (χ1) is 7.58. The highest BCUT2D eigenvalue weighted by Crippen LogP contribution is 2.23. The van der Waals surface area contributed by atoms with Crippen molar-refractivity contribution in [3.63, 3.8) is 0 Å². The third-order valence-electron chi connectivity index (χ3n) is 2.13. The highest BCUT2D eigenvalue weighted by atomic mass is 79.9. The summed E-state index contributed by atoms with van der Waals surface area (Å²) in [5.74, 6) is -0.229. The number of amides is 1. The zero-order chi connectivity index (χ0) is 12.1. The molecule has 0 aliphatic rings. The number of nitrogens with one attached hydrogen (secondary N) is 1. The Hall–Kier alpha value is -1.38. The number of anilines is 1. The van der Waals surface area contributed by atoms with Crippen LogP contribution in [0.1, 0.15) is 18.9 Å². The van der Waals surface area contributed by atoms with E-state index in [1.807, 2.05) is 13.0 Å². The van der Waals surface area contributed by atoms with E-state index in [0.29, 0.717) is 22.1 Å². The Bertz CT molecular complexity index is 439. The number of hydrogen-bond acceptors (Lipinski definition) is 3. The molecule has 4 nitrogen and oxygen atoms in total. The molecule has 16 heavy (non-hydrogen) atoms. The number of halogens is 1. The Balaban J connectivity index is 2.83. The van der Waals surface area contributed by atoms with E-state index in [9.17, 15) is 4.79 Å². The van der Waals surface area contributed by atoms with Crippen LogP contribution >= 0.6 is 15.9 Å². The fourth-order valence-electron chi connectivity index (χ4n) is 1.10. The van der Waals surface area contributed by atoms with Gasteiger partial charge in [0.2, 0.25) is 5.91 Å². The first-order valence-corrected chi connectivity index (χ1v) is 5.64. The molecule has 0 heterocycles. The topological polar surface area (TPSA) is 78.9 Å². The maximum Gasteiger partial charge on any atom is 0.241 e. The van der Waals surface area contributed by atoms with Crippen molar-refractivity contribution in [3.05, 3.63) is 28.2 Å². The maximum absolute atomic E-state index is 11.5. The Morgan fingerprint density at radius 2 is 2.38 bits per heavy atom. The van der Waals surface area contributed by atoms with E-state index in [1.54, 1.807) is 18.2 Å². The average molecular weight is 282 g/mol. The van der Waals surface area contributed by atoms with Crippen LogP contribution in [0.25, 0.3) is 0 Å². The number of nitrogens with two attached hydrogens (primary N) is 1. The molecule has 5 heteroatoms. The highest BCUT2D eigenvalue weighted by Gasteiger charge is 2.12. The smallest absolute Gasteiger partial charge is 0.241 e. The number of nitriles is 1. The van der Waals surface area contributed by atoms with Crippen LogP contribution in [0, 0.1) is 11.3 Å². The Kier molecular flexibility index (Phi) is 4.47. The van der Waals surface area contributed by atoms with Gasteiger partial charge in [0.1, 0.15) is 0 Å². The van der Waals surface area contributed by atoms with Gasteiger partial charge in [-0.2, -0.15) is 5.26 Å². The number of benzene rings is 1. The summed E-state index contributed by atoms with van der Waals surface area (Å²) in [4.78, 5) is 11.5. The fourth-order valence-corrected chi connectivity index (χ4v) is 1.57. The summed E-state index contributed by atoms with van der Waals surface area (Å²) in [6, 6.07) is 6.46. The molecule has 0 aliphatic heterocycles. The molecule has 1 atom stereocenters. The van der Waals surface area contributed by atoms with Crippen LogP contribution in [0.15, 0.2) is 22.7 Å². The van der Waals surface area contributed by atoms with Gasteiger partial charge in [0.05, 0.1) is 23.4 Å². The summed E-state index contributed by atoms with van der Waals surface area (Å²) in [6.07, 6.45) is 0.583. The van der Waals surface area contributed by atoms with Gasteiger partial charge in [-0.1, -0.05) is 6.92 Å². The van der Waals surface area contributed by atoms with E-state index < -0.39 is 6.04 Å². The molecule has 0 saturated heterocycles. The number of carbonyl (C=O) groups excluding carboxylic acids is 1. The van der Waals surface area contributed by atoms with Crippen molar-refractivity contribution in [1.29, 1.82) is 5.26 Å². The zero-order valence-corrected chi connectivity index (χ0v) is 10.4. The van der Waals surface area contributed by atoms with Crippen molar-refractivity contribution < 1.29 is 4.79 Å². The molecule has 1 amide bonds. The molecule has 0 unspecified atom stereocenters. The normalized spacial score (nSPS) is 11.6. The number of carbonyl (C=O) groups is 1. The molecule has 1 aromatic rings. The first kappa shape index (κ1) is 12.7. The predicted molar refractivity (Wildman–Crippen MR) is 65.8 cm³/mol. The second-order valence-electron chi connectivity index (χ2n) is 3.31. The van der Waals surface area contributed by atoms with Gasteiger partial charge < -0.3 is 11.1 Å². The van der Waals surface area contributed by atoms with E-state index in [-0.39, 0.29) is 5.91 Å². The third kappa shape index (κ3) is 3.05. The molecule has 0 aromatic heterocycles. The molecular weight excluding hydrogens is 270 g/mol. The van der Waals surface area contributed by atoms with Crippen molar-refractivity contribution in [2.24, 2.45) is 5.73 Å². The van der Waals surface area contributed by atoms with Gasteiger partial charge in [-0.25, -0.2) is 0 Å². The SMILES string of the molecule is CC[C@H](N)C(=O)Nc1ccc(C#N)cc1Br. The largest absolute Gasteiger partial charge is 0.324 e. The molecule has 1 aromatic carbocycles. The van der Waals surface area contributed by atoms with Crippen LogP contribution in [0.4, 0.5) is 5.69 Å². The van der Waals surface area contributed by atoms with Crippen molar-refractivity contribution >= 4 is 27.5 Å². The van der Waals surface area contributed by atoms with Crippen LogP contribution in [0.5, 0.6) is 0 Å². The van der Waals surface area contributed by atoms with Gasteiger partial charge in [-0.05, 0) is 40.5 Å². The fraction of sp³-hybridized carbons (Fsp3) is 0.273. The van der Waals surface area contributed by atoms with Gasteiger partial charge >= 0.3 is 0 Å². The second-order valence-corrected chi connectivity index (χ2v) is 4.16. The van der Waals surface area contributed by atoms with Crippen molar-refractivity contribution in [2.45, 2.75) is 19.4 Å². The molecule has 0 spiro atoms. The van der Waals surface area contributed by atoms with E-state index in [4.69, 9.17) is 11.0 Å². The van der Waals surface area contributed by atoms with Gasteiger partial charge in [-0.3, -0.25) is 4.79 Å². The van der Waals surface area contributed by atoms with E-state index in [1.165, 1.54) is 0 Å². The van der Waals surface area contributed by atoms with Gasteiger partial charge in [0.15, 0.2) is 0 Å². The third-order valence-corrected chi connectivity index (χ3v) is 2.79. The molecule has 84 valence electrons. The monoisotopic (exact) mass is 281 g/mol. The summed E-state index contributed by atoms with van der Waals surface area (Å²) in [5.41, 5.74) is 6.74. The minimum Gasteiger partial charge on any atom is -0.324 e. The summed E-state index contributed by atoms with van der Waals surface area (Å²) in [5, 5.41) is 11.4. The predicted octanol–water partition coefficient (Wildman–Crippen LogP) is 2.00. The van der Waals surface area contributed by atoms with Crippen LogP contribution in [0.2, 0.25) is 0 Å². The average Bonchev–Trinajstić information content (AvgIpc) is 2.30. The number of rotatable bonds is 3. The lowest BCUT2D eigenvalue weighted by atomic mass is 10.2. The molecule has 0 fully saturated rings. The van der Waals surface area contributed by atoms with Gasteiger partial charge in [-0.15, -0.1) is 0 Å². The van der Waals surface area contributed by atoms with Gasteiger partial charge in [0, 0.05) is 4.47 Å².